The van der Waals surface area contributed by atoms with E-state index in [0.29, 0.717) is 0 Å². The van der Waals surface area contributed by atoms with Crippen molar-refractivity contribution in [3.63, 3.8) is 0 Å². The van der Waals surface area contributed by atoms with Gasteiger partial charge in [-0.25, -0.2) is 0 Å². The molecular weight excluding hydrogens is 160 g/mol. The van der Waals surface area contributed by atoms with Crippen LogP contribution in [-0.2, 0) is 0 Å². The molecule has 0 heterocycles. The predicted molar refractivity (Wildman–Crippen MR) is 52.6 cm³/mol. The van der Waals surface area contributed by atoms with E-state index in [0.717, 1.165) is 12.8 Å². The van der Waals surface area contributed by atoms with Gasteiger partial charge in [-0.2, -0.15) is 0 Å². The Morgan fingerprint density at radius 3 is 2.20 bits per heavy atom. The third kappa shape index (κ3) is 2.47. The minimum atomic E-state index is -0.724. The van der Waals surface area contributed by atoms with Gasteiger partial charge < -0.3 is 0 Å². The topological polar surface area (TPSA) is 0 Å². The number of hydrogen-bond acceptors (Lipinski definition) is 0. The van der Waals surface area contributed by atoms with Crippen molar-refractivity contribution in [1.82, 2.24) is 0 Å². The molecule has 2 heteroatoms. The summed E-state index contributed by atoms with van der Waals surface area (Å²) < 4.78 is 0.0851. The van der Waals surface area contributed by atoms with Gasteiger partial charge in [-0.05, 0) is 12.8 Å². The van der Waals surface area contributed by atoms with Crippen molar-refractivity contribution >= 4 is 20.4 Å². The first-order valence-electron chi connectivity index (χ1n) is 3.86. The first kappa shape index (κ1) is 10.2. The van der Waals surface area contributed by atoms with Crippen LogP contribution < -0.4 is 0 Å². The summed E-state index contributed by atoms with van der Waals surface area (Å²) in [5, 5.41) is 0. The van der Waals surface area contributed by atoms with E-state index in [4.69, 9.17) is 11.6 Å². The average molecular weight is 177 g/mol. The number of halogens is 1. The Bertz CT molecular complexity index is 112. The van der Waals surface area contributed by atoms with E-state index in [9.17, 15) is 0 Å². The highest BCUT2D eigenvalue weighted by Gasteiger charge is 2.27. The molecule has 0 bridgehead atoms. The number of allylic oxidation sites excluding steroid dienone is 1. The van der Waals surface area contributed by atoms with Crippen molar-refractivity contribution in [3.05, 3.63) is 12.7 Å². The number of rotatable bonds is 4. The van der Waals surface area contributed by atoms with Crippen LogP contribution in [0, 0.1) is 0 Å². The first-order valence-corrected chi connectivity index (χ1v) is 7.13. The standard InChI is InChI=1S/C8H17ClSi/c1-5-7-8(9,6-2)10(3)4/h5,10H,1,6-7H2,2-4H3. The maximum Gasteiger partial charge on any atom is 0.0562 e. The normalized spacial score (nSPS) is 16.9. The molecule has 1 unspecified atom stereocenters. The highest BCUT2D eigenvalue weighted by Crippen LogP contribution is 2.27. The Hall–Kier alpha value is 0.247. The molecule has 0 aliphatic carbocycles. The summed E-state index contributed by atoms with van der Waals surface area (Å²) in [4.78, 5) is 0. The van der Waals surface area contributed by atoms with Crippen LogP contribution in [0.3, 0.4) is 0 Å². The fourth-order valence-electron chi connectivity index (χ4n) is 1.03. The molecule has 0 aliphatic rings. The Morgan fingerprint density at radius 1 is 1.60 bits per heavy atom. The van der Waals surface area contributed by atoms with Crippen LogP contribution in [0.15, 0.2) is 12.7 Å². The van der Waals surface area contributed by atoms with Gasteiger partial charge >= 0.3 is 0 Å². The highest BCUT2D eigenvalue weighted by molar-refractivity contribution is 6.70. The molecule has 0 rings (SSSR count). The fraction of sp³-hybridized carbons (Fsp3) is 0.750. The lowest BCUT2D eigenvalue weighted by atomic mass is 10.2. The molecule has 0 fully saturated rings. The molecule has 0 nitrogen and oxygen atoms in total. The van der Waals surface area contributed by atoms with E-state index in [1.54, 1.807) is 0 Å². The molecule has 0 saturated carbocycles. The van der Waals surface area contributed by atoms with Gasteiger partial charge in [-0.1, -0.05) is 26.1 Å². The largest absolute Gasteiger partial charge is 0.123 e. The van der Waals surface area contributed by atoms with E-state index >= 15 is 0 Å². The van der Waals surface area contributed by atoms with Crippen molar-refractivity contribution < 1.29 is 0 Å². The van der Waals surface area contributed by atoms with Gasteiger partial charge in [0.1, 0.15) is 0 Å². The molecule has 60 valence electrons. The third-order valence-corrected chi connectivity index (χ3v) is 6.55. The highest BCUT2D eigenvalue weighted by atomic mass is 35.5. The summed E-state index contributed by atoms with van der Waals surface area (Å²) >= 11 is 6.35. The van der Waals surface area contributed by atoms with Crippen molar-refractivity contribution in [2.75, 3.05) is 0 Å². The summed E-state index contributed by atoms with van der Waals surface area (Å²) in [6.45, 7) is 10.5. The Balaban J connectivity index is 4.07. The Morgan fingerprint density at radius 2 is 2.10 bits per heavy atom. The zero-order valence-electron chi connectivity index (χ0n) is 7.15. The number of alkyl halides is 1. The Kier molecular flexibility index (Phi) is 4.30. The molecule has 0 spiro atoms. The van der Waals surface area contributed by atoms with Crippen molar-refractivity contribution in [2.45, 2.75) is 37.4 Å². The summed E-state index contributed by atoms with van der Waals surface area (Å²) in [5.41, 5.74) is 0. The SMILES string of the molecule is C=CCC(Cl)(CC)[SiH](C)C. The monoisotopic (exact) mass is 176 g/mol. The van der Waals surface area contributed by atoms with Gasteiger partial charge in [0.05, 0.1) is 8.80 Å². The predicted octanol–water partition coefficient (Wildman–Crippen LogP) is 2.98. The van der Waals surface area contributed by atoms with Gasteiger partial charge in [0, 0.05) is 4.50 Å². The van der Waals surface area contributed by atoms with E-state index in [1.165, 1.54) is 0 Å². The molecule has 10 heavy (non-hydrogen) atoms. The quantitative estimate of drug-likeness (QED) is 0.351. The van der Waals surface area contributed by atoms with Crippen LogP contribution in [0.5, 0.6) is 0 Å². The molecule has 0 aliphatic heterocycles. The van der Waals surface area contributed by atoms with Crippen LogP contribution >= 0.6 is 11.6 Å². The second kappa shape index (κ2) is 4.19. The van der Waals surface area contributed by atoms with Crippen LogP contribution in [0.2, 0.25) is 13.1 Å². The number of hydrogen-bond donors (Lipinski definition) is 0. The van der Waals surface area contributed by atoms with Gasteiger partial charge in [0.2, 0.25) is 0 Å². The Labute approximate surface area is 70.9 Å². The average Bonchev–Trinajstić information content (AvgIpc) is 1.88. The maximum atomic E-state index is 6.35. The molecule has 0 saturated heterocycles. The lowest BCUT2D eigenvalue weighted by Crippen LogP contribution is -2.34. The summed E-state index contributed by atoms with van der Waals surface area (Å²) in [6, 6.07) is 0. The minimum Gasteiger partial charge on any atom is -0.123 e. The van der Waals surface area contributed by atoms with E-state index in [1.807, 2.05) is 6.08 Å². The lowest BCUT2D eigenvalue weighted by Gasteiger charge is -2.27. The van der Waals surface area contributed by atoms with Gasteiger partial charge in [-0.3, -0.25) is 0 Å². The molecule has 1 atom stereocenters. The summed E-state index contributed by atoms with van der Waals surface area (Å²) in [5.74, 6) is 0. The maximum absolute atomic E-state index is 6.35. The van der Waals surface area contributed by atoms with Crippen molar-refractivity contribution in [3.8, 4) is 0 Å². The second-order valence-electron chi connectivity index (χ2n) is 3.04. The summed E-state index contributed by atoms with van der Waals surface area (Å²) in [7, 11) is -0.724. The lowest BCUT2D eigenvalue weighted by molar-refractivity contribution is 0.734. The van der Waals surface area contributed by atoms with Crippen molar-refractivity contribution in [1.29, 1.82) is 0 Å². The zero-order valence-corrected chi connectivity index (χ0v) is 9.06. The van der Waals surface area contributed by atoms with Crippen LogP contribution in [0.25, 0.3) is 0 Å². The van der Waals surface area contributed by atoms with Crippen LogP contribution in [0.4, 0.5) is 0 Å². The molecule has 0 aromatic rings. The van der Waals surface area contributed by atoms with E-state index < -0.39 is 8.80 Å². The minimum absolute atomic E-state index is 0.0851. The van der Waals surface area contributed by atoms with Gasteiger partial charge in [0.15, 0.2) is 0 Å². The van der Waals surface area contributed by atoms with E-state index in [2.05, 4.69) is 26.6 Å². The van der Waals surface area contributed by atoms with Gasteiger partial charge in [-0.15, -0.1) is 18.2 Å². The zero-order chi connectivity index (χ0) is 8.20. The smallest absolute Gasteiger partial charge is 0.0562 e. The van der Waals surface area contributed by atoms with Crippen molar-refractivity contribution in [2.24, 2.45) is 0 Å². The second-order valence-corrected chi connectivity index (χ2v) is 7.57. The summed E-state index contributed by atoms with van der Waals surface area (Å²) in [6.07, 6.45) is 3.98. The molecule has 0 aromatic heterocycles. The molecule has 0 amide bonds. The third-order valence-electron chi connectivity index (χ3n) is 2.11. The van der Waals surface area contributed by atoms with Crippen LogP contribution in [0.1, 0.15) is 19.8 Å². The molecule has 0 aromatic carbocycles. The molecular formula is C8H17ClSi. The van der Waals surface area contributed by atoms with Gasteiger partial charge in [0.25, 0.3) is 0 Å². The molecule has 0 radical (unpaired) electrons. The van der Waals surface area contributed by atoms with Crippen LogP contribution in [-0.4, -0.2) is 13.3 Å². The van der Waals surface area contributed by atoms with E-state index in [-0.39, 0.29) is 4.50 Å². The fourth-order valence-corrected chi connectivity index (χ4v) is 2.59. The molecule has 0 N–H and O–H groups in total. The first-order chi connectivity index (χ1) is 4.56.